The van der Waals surface area contributed by atoms with Gasteiger partial charge in [-0.3, -0.25) is 4.79 Å². The summed E-state index contributed by atoms with van der Waals surface area (Å²) in [5, 5.41) is 3.34. The first-order valence-corrected chi connectivity index (χ1v) is 8.79. The van der Waals surface area contributed by atoms with Crippen molar-refractivity contribution in [1.82, 2.24) is 14.7 Å². The number of hydrogen-bond donors (Lipinski definition) is 1. The summed E-state index contributed by atoms with van der Waals surface area (Å²) in [5.41, 5.74) is 2.46. The number of nitrogens with one attached hydrogen (secondary N) is 1. The van der Waals surface area contributed by atoms with Crippen molar-refractivity contribution in [2.45, 2.75) is 56.4 Å². The van der Waals surface area contributed by atoms with Crippen LogP contribution in [-0.2, 0) is 10.2 Å². The quantitative estimate of drug-likeness (QED) is 0.927. The van der Waals surface area contributed by atoms with Crippen LogP contribution in [0.25, 0.3) is 5.65 Å². The van der Waals surface area contributed by atoms with Crippen LogP contribution in [0.3, 0.4) is 0 Å². The molecular formula is C19H23N3O. The Morgan fingerprint density at radius 1 is 1.26 bits per heavy atom. The van der Waals surface area contributed by atoms with E-state index in [2.05, 4.69) is 34.2 Å². The van der Waals surface area contributed by atoms with Crippen LogP contribution >= 0.6 is 0 Å². The molecule has 4 saturated carbocycles. The molecule has 4 bridgehead atoms. The van der Waals surface area contributed by atoms with Crippen molar-refractivity contribution in [3.05, 3.63) is 36.3 Å². The second-order valence-electron chi connectivity index (χ2n) is 8.30. The standard InChI is InChI=1S/C19H23N3O/c1-13(23)21-19-9-14-6-15(10-19)8-18(7-14,12-19)16-11-22-5-3-2-4-17(22)20-16/h2-5,11,14-15H,6-10,12H2,1H3,(H,21,23). The lowest BCUT2D eigenvalue weighted by atomic mass is 9.46. The number of carbonyl (C=O) groups excluding carboxylic acids is 1. The summed E-state index contributed by atoms with van der Waals surface area (Å²) in [5.74, 6) is 1.61. The number of carbonyl (C=O) groups is 1. The normalized spacial score (nSPS) is 38.1. The second kappa shape index (κ2) is 4.37. The van der Waals surface area contributed by atoms with Gasteiger partial charge in [-0.05, 0) is 62.5 Å². The fourth-order valence-electron chi connectivity index (χ4n) is 6.27. The predicted molar refractivity (Wildman–Crippen MR) is 88.1 cm³/mol. The smallest absolute Gasteiger partial charge is 0.217 e. The van der Waals surface area contributed by atoms with Gasteiger partial charge in [0, 0.05) is 30.3 Å². The summed E-state index contributed by atoms with van der Waals surface area (Å²) in [7, 11) is 0. The summed E-state index contributed by atoms with van der Waals surface area (Å²) in [4.78, 5) is 16.7. The zero-order chi connectivity index (χ0) is 15.7. The minimum Gasteiger partial charge on any atom is -0.351 e. The number of aromatic nitrogens is 2. The van der Waals surface area contributed by atoms with Gasteiger partial charge in [-0.1, -0.05) is 6.07 Å². The van der Waals surface area contributed by atoms with Crippen molar-refractivity contribution in [2.24, 2.45) is 11.8 Å². The van der Waals surface area contributed by atoms with Gasteiger partial charge in [0.2, 0.25) is 5.91 Å². The molecule has 0 aliphatic heterocycles. The van der Waals surface area contributed by atoms with Gasteiger partial charge in [0.25, 0.3) is 0 Å². The molecule has 1 N–H and O–H groups in total. The lowest BCUT2D eigenvalue weighted by Gasteiger charge is -2.61. The molecule has 4 nitrogen and oxygen atoms in total. The van der Waals surface area contributed by atoms with Gasteiger partial charge >= 0.3 is 0 Å². The summed E-state index contributed by atoms with van der Waals surface area (Å²) in [6.45, 7) is 1.66. The Morgan fingerprint density at radius 3 is 2.74 bits per heavy atom. The van der Waals surface area contributed by atoms with Crippen molar-refractivity contribution in [3.8, 4) is 0 Å². The molecule has 4 heteroatoms. The van der Waals surface area contributed by atoms with E-state index in [4.69, 9.17) is 4.98 Å². The van der Waals surface area contributed by atoms with Crippen molar-refractivity contribution in [2.75, 3.05) is 0 Å². The third kappa shape index (κ3) is 1.97. The van der Waals surface area contributed by atoms with Crippen molar-refractivity contribution in [3.63, 3.8) is 0 Å². The van der Waals surface area contributed by atoms with Gasteiger partial charge in [-0.25, -0.2) is 4.98 Å². The number of pyridine rings is 1. The molecule has 4 aliphatic carbocycles. The fourth-order valence-corrected chi connectivity index (χ4v) is 6.27. The minimum atomic E-state index is 0.0196. The van der Waals surface area contributed by atoms with Gasteiger partial charge in [-0.15, -0.1) is 0 Å². The van der Waals surface area contributed by atoms with Crippen molar-refractivity contribution in [1.29, 1.82) is 0 Å². The third-order valence-electron chi connectivity index (χ3n) is 6.41. The minimum absolute atomic E-state index is 0.0196. The van der Waals surface area contributed by atoms with E-state index in [1.54, 1.807) is 6.92 Å². The Kier molecular flexibility index (Phi) is 2.58. The number of nitrogens with zero attached hydrogens (tertiary/aromatic N) is 2. The van der Waals surface area contributed by atoms with Crippen LogP contribution in [-0.4, -0.2) is 20.8 Å². The average Bonchev–Trinajstić information content (AvgIpc) is 2.89. The molecule has 2 atom stereocenters. The maximum atomic E-state index is 11.8. The van der Waals surface area contributed by atoms with Crippen LogP contribution in [0.1, 0.15) is 51.1 Å². The molecular weight excluding hydrogens is 286 g/mol. The van der Waals surface area contributed by atoms with E-state index in [0.29, 0.717) is 0 Å². The van der Waals surface area contributed by atoms with Crippen LogP contribution in [0.15, 0.2) is 30.6 Å². The highest BCUT2D eigenvalue weighted by atomic mass is 16.1. The fraction of sp³-hybridized carbons (Fsp3) is 0.579. The SMILES string of the molecule is CC(=O)NC12CC3CC(C1)CC(c1cn4ccccc4n1)(C3)C2. The topological polar surface area (TPSA) is 46.4 Å². The Labute approximate surface area is 136 Å². The van der Waals surface area contributed by atoms with E-state index in [0.717, 1.165) is 36.7 Å². The highest BCUT2D eigenvalue weighted by Gasteiger charge is 2.59. The summed E-state index contributed by atoms with van der Waals surface area (Å²) >= 11 is 0. The largest absolute Gasteiger partial charge is 0.351 e. The Bertz CT molecular complexity index is 746. The van der Waals surface area contributed by atoms with E-state index in [9.17, 15) is 4.79 Å². The Morgan fingerprint density at radius 2 is 2.04 bits per heavy atom. The molecule has 0 saturated heterocycles. The third-order valence-corrected chi connectivity index (χ3v) is 6.41. The van der Waals surface area contributed by atoms with E-state index >= 15 is 0 Å². The first-order valence-electron chi connectivity index (χ1n) is 8.79. The first-order chi connectivity index (χ1) is 11.1. The number of amides is 1. The van der Waals surface area contributed by atoms with E-state index < -0.39 is 0 Å². The summed E-state index contributed by atoms with van der Waals surface area (Å²) in [6.07, 6.45) is 11.5. The number of imidazole rings is 1. The number of rotatable bonds is 2. The Hall–Kier alpha value is -1.84. The van der Waals surface area contributed by atoms with E-state index in [1.165, 1.54) is 25.0 Å². The summed E-state index contributed by atoms with van der Waals surface area (Å²) in [6, 6.07) is 6.18. The number of hydrogen-bond acceptors (Lipinski definition) is 2. The van der Waals surface area contributed by atoms with Crippen LogP contribution in [0, 0.1) is 11.8 Å². The van der Waals surface area contributed by atoms with Crippen molar-refractivity contribution >= 4 is 11.6 Å². The average molecular weight is 309 g/mol. The maximum absolute atomic E-state index is 11.8. The molecule has 2 heterocycles. The lowest BCUT2D eigenvalue weighted by Crippen LogP contribution is -2.64. The van der Waals surface area contributed by atoms with Gasteiger partial charge in [0.05, 0.1) is 5.69 Å². The first kappa shape index (κ1) is 13.6. The van der Waals surface area contributed by atoms with E-state index in [-0.39, 0.29) is 16.9 Å². The maximum Gasteiger partial charge on any atom is 0.217 e. The van der Waals surface area contributed by atoms with Gasteiger partial charge in [-0.2, -0.15) is 0 Å². The molecule has 0 aromatic carbocycles. The molecule has 2 aromatic heterocycles. The molecule has 6 rings (SSSR count). The zero-order valence-electron chi connectivity index (χ0n) is 13.6. The van der Waals surface area contributed by atoms with Crippen LogP contribution < -0.4 is 5.32 Å². The molecule has 1 amide bonds. The molecule has 0 spiro atoms. The van der Waals surface area contributed by atoms with Crippen LogP contribution in [0.2, 0.25) is 0 Å². The molecule has 0 radical (unpaired) electrons. The zero-order valence-corrected chi connectivity index (χ0v) is 13.6. The Balaban J connectivity index is 1.60. The monoisotopic (exact) mass is 309 g/mol. The van der Waals surface area contributed by atoms with Gasteiger partial charge < -0.3 is 9.72 Å². The number of fused-ring (bicyclic) bond motifs is 1. The lowest BCUT2D eigenvalue weighted by molar-refractivity contribution is -0.125. The molecule has 2 unspecified atom stereocenters. The van der Waals surface area contributed by atoms with Crippen LogP contribution in [0.5, 0.6) is 0 Å². The van der Waals surface area contributed by atoms with Gasteiger partial charge in [0.15, 0.2) is 0 Å². The molecule has 2 aromatic rings. The van der Waals surface area contributed by atoms with Gasteiger partial charge in [0.1, 0.15) is 5.65 Å². The van der Waals surface area contributed by atoms with E-state index in [1.807, 2.05) is 6.07 Å². The summed E-state index contributed by atoms with van der Waals surface area (Å²) < 4.78 is 2.14. The van der Waals surface area contributed by atoms with Crippen molar-refractivity contribution < 1.29 is 4.79 Å². The van der Waals surface area contributed by atoms with Crippen LogP contribution in [0.4, 0.5) is 0 Å². The molecule has 4 aliphatic rings. The molecule has 23 heavy (non-hydrogen) atoms. The second-order valence-corrected chi connectivity index (χ2v) is 8.30. The highest BCUT2D eigenvalue weighted by molar-refractivity contribution is 5.74. The highest BCUT2D eigenvalue weighted by Crippen LogP contribution is 2.62. The molecule has 120 valence electrons. The molecule has 4 fully saturated rings. The predicted octanol–water partition coefficient (Wildman–Crippen LogP) is 3.06.